The molecule has 1 amide bonds. The predicted octanol–water partition coefficient (Wildman–Crippen LogP) is 2.41. The maximum Gasteiger partial charge on any atom is 0.303 e. The largest absolute Gasteiger partial charge is 0.459 e. The summed E-state index contributed by atoms with van der Waals surface area (Å²) in [6.45, 7) is 7.47. The van der Waals surface area contributed by atoms with Gasteiger partial charge in [0.2, 0.25) is 5.91 Å². The normalized spacial score (nSPS) is 43.0. The lowest BCUT2D eigenvalue weighted by molar-refractivity contribution is -0.284. The molecule has 10 atom stereocenters. The van der Waals surface area contributed by atoms with Crippen molar-refractivity contribution in [2.24, 2.45) is 11.8 Å². The van der Waals surface area contributed by atoms with E-state index in [1.165, 1.54) is 13.0 Å². The molecule has 4 rings (SSSR count). The molecule has 202 valence electrons. The van der Waals surface area contributed by atoms with Gasteiger partial charge in [0.1, 0.15) is 23.9 Å². The Balaban J connectivity index is 1.19. The predicted molar refractivity (Wildman–Crippen MR) is 131 cm³/mol. The zero-order chi connectivity index (χ0) is 26.1. The van der Waals surface area contributed by atoms with Crippen LogP contribution in [0.25, 0.3) is 0 Å². The fraction of sp³-hybridized carbons (Fsp3) is 0.778. The van der Waals surface area contributed by atoms with Crippen LogP contribution >= 0.6 is 0 Å². The van der Waals surface area contributed by atoms with Crippen molar-refractivity contribution >= 4 is 11.9 Å². The maximum atomic E-state index is 12.2. The standard InChI is InChI=1S/C27H41NO8/c1-16(34-18(3)29)6-11-24(30)28-22-9-8-21(35-17(22)2)13-20-12-19(20)7-10-23-25(31)27(15-33-27)14-26(4,32-5)36-23/h6-7,10-11,16-17,19-23,25,31H,8-9,12-15H2,1-5H3,(H,28,30)/b10-7+,11-6-/t16-,17+,19?,20?,21+,22+,23?,25+,26+,27+/m0/s1. The van der Waals surface area contributed by atoms with E-state index in [4.69, 9.17) is 23.7 Å². The Bertz CT molecular complexity index is 870. The molecule has 36 heavy (non-hydrogen) atoms. The second kappa shape index (κ2) is 10.9. The molecule has 0 aromatic rings. The highest BCUT2D eigenvalue weighted by Crippen LogP contribution is 2.48. The Labute approximate surface area is 213 Å². The minimum Gasteiger partial charge on any atom is -0.459 e. The molecular formula is C27H41NO8. The van der Waals surface area contributed by atoms with Gasteiger partial charge in [0.05, 0.1) is 24.9 Å². The van der Waals surface area contributed by atoms with Crippen LogP contribution in [0.4, 0.5) is 0 Å². The Hall–Kier alpha value is -1.78. The van der Waals surface area contributed by atoms with Crippen LogP contribution in [0.5, 0.6) is 0 Å². The van der Waals surface area contributed by atoms with E-state index in [-0.39, 0.29) is 30.1 Å². The zero-order valence-corrected chi connectivity index (χ0v) is 22.0. The average molecular weight is 508 g/mol. The van der Waals surface area contributed by atoms with Gasteiger partial charge >= 0.3 is 5.97 Å². The van der Waals surface area contributed by atoms with E-state index < -0.39 is 29.7 Å². The highest BCUT2D eigenvalue weighted by molar-refractivity contribution is 5.87. The number of hydrogen-bond donors (Lipinski definition) is 2. The van der Waals surface area contributed by atoms with Crippen molar-refractivity contribution in [2.45, 2.75) is 108 Å². The monoisotopic (exact) mass is 507 g/mol. The highest BCUT2D eigenvalue weighted by Gasteiger charge is 2.62. The maximum absolute atomic E-state index is 12.2. The Morgan fingerprint density at radius 2 is 2.03 bits per heavy atom. The molecule has 4 fully saturated rings. The molecule has 0 aromatic carbocycles. The molecule has 0 radical (unpaired) electrons. The number of ether oxygens (including phenoxy) is 5. The Morgan fingerprint density at radius 3 is 2.67 bits per heavy atom. The van der Waals surface area contributed by atoms with Gasteiger partial charge in [0.15, 0.2) is 5.79 Å². The number of rotatable bonds is 9. The Morgan fingerprint density at radius 1 is 1.28 bits per heavy atom. The van der Waals surface area contributed by atoms with Crippen LogP contribution in [-0.2, 0) is 33.3 Å². The number of carbonyl (C=O) groups excluding carboxylic acids is 2. The topological polar surface area (TPSA) is 116 Å². The number of methoxy groups -OCH3 is 1. The number of aliphatic hydroxyl groups is 1. The van der Waals surface area contributed by atoms with Crippen molar-refractivity contribution in [3.63, 3.8) is 0 Å². The van der Waals surface area contributed by atoms with E-state index in [1.54, 1.807) is 20.1 Å². The first-order valence-electron chi connectivity index (χ1n) is 13.1. The average Bonchev–Trinajstić information content (AvgIpc) is 3.74. The van der Waals surface area contributed by atoms with Gasteiger partial charge in [-0.15, -0.1) is 0 Å². The molecule has 9 nitrogen and oxygen atoms in total. The fourth-order valence-electron chi connectivity index (χ4n) is 5.52. The molecule has 0 aromatic heterocycles. The lowest BCUT2D eigenvalue weighted by atomic mass is 9.87. The first-order valence-corrected chi connectivity index (χ1v) is 13.1. The molecule has 3 heterocycles. The molecule has 4 aliphatic rings. The van der Waals surface area contributed by atoms with E-state index in [0.29, 0.717) is 24.9 Å². The number of esters is 1. The van der Waals surface area contributed by atoms with Crippen LogP contribution in [0.3, 0.4) is 0 Å². The third kappa shape index (κ3) is 6.75. The van der Waals surface area contributed by atoms with E-state index in [2.05, 4.69) is 11.4 Å². The van der Waals surface area contributed by atoms with E-state index >= 15 is 0 Å². The van der Waals surface area contributed by atoms with Gasteiger partial charge in [-0.3, -0.25) is 9.59 Å². The van der Waals surface area contributed by atoms with Crippen LogP contribution in [0.15, 0.2) is 24.3 Å². The smallest absolute Gasteiger partial charge is 0.303 e. The summed E-state index contributed by atoms with van der Waals surface area (Å²) in [5, 5.41) is 13.7. The summed E-state index contributed by atoms with van der Waals surface area (Å²) >= 11 is 0. The van der Waals surface area contributed by atoms with Crippen molar-refractivity contribution in [3.8, 4) is 0 Å². The molecule has 9 heteroatoms. The minimum atomic E-state index is -0.762. The second-order valence-corrected chi connectivity index (χ2v) is 11.0. The van der Waals surface area contributed by atoms with E-state index in [9.17, 15) is 14.7 Å². The van der Waals surface area contributed by atoms with Gasteiger partial charge < -0.3 is 34.1 Å². The molecule has 1 aliphatic carbocycles. The zero-order valence-electron chi connectivity index (χ0n) is 22.0. The summed E-state index contributed by atoms with van der Waals surface area (Å²) in [6.07, 6.45) is 9.98. The molecule has 3 saturated heterocycles. The Kier molecular flexibility index (Phi) is 8.26. The number of carbonyl (C=O) groups is 2. The summed E-state index contributed by atoms with van der Waals surface area (Å²) < 4.78 is 28.4. The molecule has 0 bridgehead atoms. The van der Waals surface area contributed by atoms with Gasteiger partial charge in [-0.1, -0.05) is 12.2 Å². The molecular weight excluding hydrogens is 466 g/mol. The highest BCUT2D eigenvalue weighted by atomic mass is 16.7. The van der Waals surface area contributed by atoms with Crippen molar-refractivity contribution in [1.29, 1.82) is 0 Å². The quantitative estimate of drug-likeness (QED) is 0.212. The number of epoxide rings is 1. The first kappa shape index (κ1) is 27.3. The number of amides is 1. The van der Waals surface area contributed by atoms with Crippen molar-refractivity contribution in [1.82, 2.24) is 5.32 Å². The molecule has 3 aliphatic heterocycles. The first-order chi connectivity index (χ1) is 17.0. The van der Waals surface area contributed by atoms with Gasteiger partial charge in [0, 0.05) is 26.5 Å². The number of allylic oxidation sites excluding steroid dienone is 1. The fourth-order valence-corrected chi connectivity index (χ4v) is 5.52. The van der Waals surface area contributed by atoms with Crippen LogP contribution in [0.2, 0.25) is 0 Å². The summed E-state index contributed by atoms with van der Waals surface area (Å²) in [6, 6.07) is -0.0469. The summed E-state index contributed by atoms with van der Waals surface area (Å²) in [7, 11) is 1.62. The third-order valence-corrected chi connectivity index (χ3v) is 7.87. The molecule has 1 spiro atoms. The summed E-state index contributed by atoms with van der Waals surface area (Å²) in [4.78, 5) is 23.2. The number of hydrogen-bond acceptors (Lipinski definition) is 8. The van der Waals surface area contributed by atoms with Crippen LogP contribution in [0, 0.1) is 11.8 Å². The van der Waals surface area contributed by atoms with Crippen molar-refractivity contribution in [3.05, 3.63) is 24.3 Å². The van der Waals surface area contributed by atoms with E-state index in [0.717, 1.165) is 25.7 Å². The third-order valence-electron chi connectivity index (χ3n) is 7.87. The van der Waals surface area contributed by atoms with Crippen LogP contribution < -0.4 is 5.32 Å². The molecule has 1 saturated carbocycles. The van der Waals surface area contributed by atoms with Crippen molar-refractivity contribution < 1.29 is 38.4 Å². The SMILES string of the molecule is CO[C@@]1(C)C[C@@]2(CO2)[C@H](O)C(/C=C/C2CC2C[C@H]2CC[C@@H](NC(=O)/C=C\[C@H](C)OC(C)=O)[C@@H](C)O2)O1. The number of nitrogens with one attached hydrogen (secondary N) is 1. The molecule has 3 unspecified atom stereocenters. The van der Waals surface area contributed by atoms with Crippen LogP contribution in [0.1, 0.15) is 59.8 Å². The summed E-state index contributed by atoms with van der Waals surface area (Å²) in [5.41, 5.74) is -0.546. The van der Waals surface area contributed by atoms with Gasteiger partial charge in [0.25, 0.3) is 0 Å². The minimum absolute atomic E-state index is 0.0469. The van der Waals surface area contributed by atoms with E-state index in [1.807, 2.05) is 19.9 Å². The molecule has 2 N–H and O–H groups in total. The van der Waals surface area contributed by atoms with Gasteiger partial charge in [-0.05, 0) is 64.4 Å². The van der Waals surface area contributed by atoms with Crippen LogP contribution in [-0.4, -0.2) is 78.6 Å². The van der Waals surface area contributed by atoms with Gasteiger partial charge in [-0.2, -0.15) is 0 Å². The van der Waals surface area contributed by atoms with Crippen molar-refractivity contribution in [2.75, 3.05) is 13.7 Å². The lowest BCUT2D eigenvalue weighted by Gasteiger charge is -2.42. The van der Waals surface area contributed by atoms with Gasteiger partial charge in [-0.25, -0.2) is 0 Å². The second-order valence-electron chi connectivity index (χ2n) is 11.0. The lowest BCUT2D eigenvalue weighted by Crippen LogP contribution is -2.55. The number of aliphatic hydroxyl groups excluding tert-OH is 1. The summed E-state index contributed by atoms with van der Waals surface area (Å²) in [5.74, 6) is -0.349.